The van der Waals surface area contributed by atoms with Gasteiger partial charge in [-0.2, -0.15) is 0 Å². The highest BCUT2D eigenvalue weighted by Gasteiger charge is 2.21. The van der Waals surface area contributed by atoms with Gasteiger partial charge < -0.3 is 4.74 Å². The van der Waals surface area contributed by atoms with Crippen LogP contribution in [0.5, 0.6) is 0 Å². The molecular formula is C12H24BrNO. The summed E-state index contributed by atoms with van der Waals surface area (Å²) in [4.78, 5) is 2.60. The molecule has 90 valence electrons. The molecule has 0 aliphatic heterocycles. The normalized spacial score (nSPS) is 20.8. The van der Waals surface area contributed by atoms with Crippen molar-refractivity contribution >= 4 is 15.9 Å². The van der Waals surface area contributed by atoms with Gasteiger partial charge in [0, 0.05) is 31.6 Å². The summed E-state index contributed by atoms with van der Waals surface area (Å²) >= 11 is 3.55. The van der Waals surface area contributed by atoms with Crippen molar-refractivity contribution in [2.45, 2.75) is 51.2 Å². The van der Waals surface area contributed by atoms with Crippen LogP contribution in [0.15, 0.2) is 0 Å². The lowest BCUT2D eigenvalue weighted by molar-refractivity contribution is 0.0541. The predicted molar refractivity (Wildman–Crippen MR) is 68.7 cm³/mol. The molecule has 0 radical (unpaired) electrons. The zero-order valence-electron chi connectivity index (χ0n) is 10.0. The molecule has 0 spiro atoms. The summed E-state index contributed by atoms with van der Waals surface area (Å²) in [5.74, 6) is 0. The number of halogens is 1. The van der Waals surface area contributed by atoms with Gasteiger partial charge in [-0.1, -0.05) is 35.2 Å². The first-order chi connectivity index (χ1) is 7.27. The van der Waals surface area contributed by atoms with E-state index >= 15 is 0 Å². The Morgan fingerprint density at radius 3 is 2.53 bits per heavy atom. The molecule has 2 nitrogen and oxygen atoms in total. The number of hydrogen-bond donors (Lipinski definition) is 0. The van der Waals surface area contributed by atoms with Crippen LogP contribution in [0.2, 0.25) is 0 Å². The van der Waals surface area contributed by atoms with Crippen LogP contribution in [-0.4, -0.2) is 42.6 Å². The molecule has 0 bridgehead atoms. The van der Waals surface area contributed by atoms with Gasteiger partial charge in [0.25, 0.3) is 0 Å². The lowest BCUT2D eigenvalue weighted by Gasteiger charge is -2.35. The van der Waals surface area contributed by atoms with Gasteiger partial charge in [0.05, 0.1) is 6.10 Å². The fourth-order valence-electron chi connectivity index (χ4n) is 2.38. The minimum atomic E-state index is 0.353. The largest absolute Gasteiger partial charge is 0.380 e. The lowest BCUT2D eigenvalue weighted by atomic mass is 9.94. The summed E-state index contributed by atoms with van der Waals surface area (Å²) in [7, 11) is 1.80. The van der Waals surface area contributed by atoms with Crippen LogP contribution < -0.4 is 0 Å². The van der Waals surface area contributed by atoms with Crippen molar-refractivity contribution in [2.75, 3.05) is 25.5 Å². The highest BCUT2D eigenvalue weighted by atomic mass is 79.9. The number of hydrogen-bond acceptors (Lipinski definition) is 2. The molecule has 1 rings (SSSR count). The molecule has 0 aromatic heterocycles. The van der Waals surface area contributed by atoms with Gasteiger partial charge in [0.15, 0.2) is 0 Å². The second kappa shape index (κ2) is 7.64. The van der Waals surface area contributed by atoms with Gasteiger partial charge >= 0.3 is 0 Å². The fraction of sp³-hybridized carbons (Fsp3) is 1.00. The van der Waals surface area contributed by atoms with Crippen LogP contribution in [0.1, 0.15) is 39.0 Å². The Labute approximate surface area is 102 Å². The highest BCUT2D eigenvalue weighted by molar-refractivity contribution is 9.09. The third kappa shape index (κ3) is 4.83. The van der Waals surface area contributed by atoms with Crippen LogP contribution in [0.25, 0.3) is 0 Å². The minimum absolute atomic E-state index is 0.353. The molecule has 0 N–H and O–H groups in total. The lowest BCUT2D eigenvalue weighted by Crippen LogP contribution is -2.42. The van der Waals surface area contributed by atoms with Gasteiger partial charge in [-0.05, 0) is 19.8 Å². The maximum atomic E-state index is 5.36. The van der Waals surface area contributed by atoms with E-state index in [1.807, 2.05) is 0 Å². The first kappa shape index (κ1) is 13.5. The first-order valence-corrected chi connectivity index (χ1v) is 7.23. The van der Waals surface area contributed by atoms with E-state index in [1.165, 1.54) is 32.1 Å². The Kier molecular flexibility index (Phi) is 6.86. The summed E-state index contributed by atoms with van der Waals surface area (Å²) in [5.41, 5.74) is 0. The average Bonchev–Trinajstić information content (AvgIpc) is 2.29. The molecule has 0 aromatic rings. The Morgan fingerprint density at radius 2 is 2.00 bits per heavy atom. The first-order valence-electron chi connectivity index (χ1n) is 6.10. The van der Waals surface area contributed by atoms with E-state index in [-0.39, 0.29) is 0 Å². The van der Waals surface area contributed by atoms with E-state index < -0.39 is 0 Å². The van der Waals surface area contributed by atoms with Crippen molar-refractivity contribution in [3.05, 3.63) is 0 Å². The smallest absolute Gasteiger partial charge is 0.0670 e. The van der Waals surface area contributed by atoms with Crippen LogP contribution >= 0.6 is 15.9 Å². The zero-order chi connectivity index (χ0) is 11.1. The molecule has 0 saturated heterocycles. The summed E-state index contributed by atoms with van der Waals surface area (Å²) in [6, 6.07) is 0.800. The molecule has 1 aliphatic carbocycles. The highest BCUT2D eigenvalue weighted by Crippen LogP contribution is 2.22. The van der Waals surface area contributed by atoms with E-state index in [9.17, 15) is 0 Å². The van der Waals surface area contributed by atoms with Gasteiger partial charge in [-0.25, -0.2) is 0 Å². The van der Waals surface area contributed by atoms with Gasteiger partial charge in [0.2, 0.25) is 0 Å². The van der Waals surface area contributed by atoms with E-state index in [0.29, 0.717) is 6.10 Å². The SMILES string of the molecule is COC(C)CN(CCBr)C1CCCCC1. The van der Waals surface area contributed by atoms with Crippen molar-refractivity contribution in [1.82, 2.24) is 4.90 Å². The number of rotatable bonds is 6. The summed E-state index contributed by atoms with van der Waals surface area (Å²) in [5, 5.41) is 1.07. The van der Waals surface area contributed by atoms with Crippen LogP contribution in [-0.2, 0) is 4.74 Å². The van der Waals surface area contributed by atoms with E-state index in [0.717, 1.165) is 24.5 Å². The molecule has 1 atom stereocenters. The predicted octanol–water partition coefficient (Wildman–Crippen LogP) is 3.05. The molecule has 1 saturated carbocycles. The molecule has 1 aliphatic rings. The second-order valence-electron chi connectivity index (χ2n) is 4.52. The van der Waals surface area contributed by atoms with Crippen LogP contribution in [0.3, 0.4) is 0 Å². The Hall–Kier alpha value is 0.400. The quantitative estimate of drug-likeness (QED) is 0.692. The monoisotopic (exact) mass is 277 g/mol. The van der Waals surface area contributed by atoms with Crippen LogP contribution in [0, 0.1) is 0 Å². The molecule has 0 heterocycles. The van der Waals surface area contributed by atoms with Crippen molar-refractivity contribution in [3.8, 4) is 0 Å². The third-order valence-corrected chi connectivity index (χ3v) is 3.71. The third-order valence-electron chi connectivity index (χ3n) is 3.36. The van der Waals surface area contributed by atoms with Gasteiger partial charge in [-0.15, -0.1) is 0 Å². The average molecular weight is 278 g/mol. The zero-order valence-corrected chi connectivity index (χ0v) is 11.6. The Morgan fingerprint density at radius 1 is 1.33 bits per heavy atom. The minimum Gasteiger partial charge on any atom is -0.380 e. The van der Waals surface area contributed by atoms with Crippen molar-refractivity contribution in [3.63, 3.8) is 0 Å². The fourth-order valence-corrected chi connectivity index (χ4v) is 2.84. The maximum absolute atomic E-state index is 5.36. The number of methoxy groups -OCH3 is 1. The molecule has 0 amide bonds. The van der Waals surface area contributed by atoms with E-state index in [1.54, 1.807) is 7.11 Å². The molecule has 1 unspecified atom stereocenters. The Balaban J connectivity index is 2.39. The molecule has 1 fully saturated rings. The van der Waals surface area contributed by atoms with Crippen molar-refractivity contribution < 1.29 is 4.74 Å². The van der Waals surface area contributed by atoms with Crippen LogP contribution in [0.4, 0.5) is 0 Å². The second-order valence-corrected chi connectivity index (χ2v) is 5.32. The Bertz CT molecular complexity index is 160. The van der Waals surface area contributed by atoms with Crippen molar-refractivity contribution in [1.29, 1.82) is 0 Å². The topological polar surface area (TPSA) is 12.5 Å². The van der Waals surface area contributed by atoms with Crippen molar-refractivity contribution in [2.24, 2.45) is 0 Å². The van der Waals surface area contributed by atoms with Gasteiger partial charge in [-0.3, -0.25) is 4.90 Å². The van der Waals surface area contributed by atoms with E-state index in [4.69, 9.17) is 4.74 Å². The van der Waals surface area contributed by atoms with Gasteiger partial charge in [0.1, 0.15) is 0 Å². The summed E-state index contributed by atoms with van der Waals surface area (Å²) in [6.45, 7) is 4.38. The summed E-state index contributed by atoms with van der Waals surface area (Å²) in [6.07, 6.45) is 7.35. The maximum Gasteiger partial charge on any atom is 0.0670 e. The molecule has 15 heavy (non-hydrogen) atoms. The van der Waals surface area contributed by atoms with E-state index in [2.05, 4.69) is 27.8 Å². The molecule has 3 heteroatoms. The number of ether oxygens (including phenoxy) is 1. The number of alkyl halides is 1. The molecule has 0 aromatic carbocycles. The summed E-state index contributed by atoms with van der Waals surface area (Å²) < 4.78 is 5.36. The standard InChI is InChI=1S/C12H24BrNO/c1-11(15-2)10-14(9-8-13)12-6-4-3-5-7-12/h11-12H,3-10H2,1-2H3. The number of nitrogens with zero attached hydrogens (tertiary/aromatic N) is 1. The molecular weight excluding hydrogens is 254 g/mol.